The van der Waals surface area contributed by atoms with E-state index in [-0.39, 0.29) is 5.56 Å². The first kappa shape index (κ1) is 21.9. The molecule has 0 saturated carbocycles. The van der Waals surface area contributed by atoms with Gasteiger partial charge in [-0.1, -0.05) is 47.5 Å². The van der Waals surface area contributed by atoms with Crippen molar-refractivity contribution in [1.29, 1.82) is 0 Å². The summed E-state index contributed by atoms with van der Waals surface area (Å²) in [6.07, 6.45) is 1.70. The fourth-order valence-corrected chi connectivity index (χ4v) is 4.15. The maximum Gasteiger partial charge on any atom is 0.267 e. The van der Waals surface area contributed by atoms with Crippen LogP contribution >= 0.6 is 11.6 Å². The molecule has 2 aromatic carbocycles. The van der Waals surface area contributed by atoms with Gasteiger partial charge in [0.1, 0.15) is 12.3 Å². The van der Waals surface area contributed by atoms with Crippen molar-refractivity contribution in [2.24, 2.45) is 0 Å². The molecule has 3 aromatic heterocycles. The lowest BCUT2D eigenvalue weighted by molar-refractivity contribution is 0.308. The lowest BCUT2D eigenvalue weighted by Gasteiger charge is -2.12. The summed E-state index contributed by atoms with van der Waals surface area (Å²) in [6.45, 7) is 6.20. The van der Waals surface area contributed by atoms with E-state index in [2.05, 4.69) is 0 Å². The Kier molecular flexibility index (Phi) is 5.67. The largest absolute Gasteiger partial charge is 0.485 e. The van der Waals surface area contributed by atoms with Crippen molar-refractivity contribution in [3.8, 4) is 22.7 Å². The topological polar surface area (TPSA) is 61.4 Å². The number of halogens is 1. The summed E-state index contributed by atoms with van der Waals surface area (Å²) in [4.78, 5) is 18.3. The number of aryl methyl sites for hydroxylation is 3. The predicted octanol–water partition coefficient (Wildman–Crippen LogP) is 5.70. The van der Waals surface area contributed by atoms with Gasteiger partial charge >= 0.3 is 0 Å². The first-order chi connectivity index (χ1) is 16.4. The molecule has 170 valence electrons. The SMILES string of the molecule is Cc1ccc(COc2cccn3c(=O)c(-c4cc(C)n(-c5cccc(Cl)c5)n4)c(C)nc23)cc1. The van der Waals surface area contributed by atoms with Crippen LogP contribution in [0.5, 0.6) is 5.75 Å². The van der Waals surface area contributed by atoms with Gasteiger partial charge in [0, 0.05) is 16.9 Å². The summed E-state index contributed by atoms with van der Waals surface area (Å²) in [5, 5.41) is 5.32. The zero-order valence-corrected chi connectivity index (χ0v) is 19.9. The first-order valence-electron chi connectivity index (χ1n) is 10.9. The number of pyridine rings is 1. The van der Waals surface area contributed by atoms with Crippen LogP contribution in [0, 0.1) is 20.8 Å². The van der Waals surface area contributed by atoms with Crippen molar-refractivity contribution in [2.75, 3.05) is 0 Å². The Morgan fingerprint density at radius 3 is 2.53 bits per heavy atom. The van der Waals surface area contributed by atoms with E-state index >= 15 is 0 Å². The van der Waals surface area contributed by atoms with Gasteiger partial charge in [-0.25, -0.2) is 9.67 Å². The Hall–Kier alpha value is -3.90. The van der Waals surface area contributed by atoms with Crippen molar-refractivity contribution in [2.45, 2.75) is 27.4 Å². The fraction of sp³-hybridized carbons (Fsp3) is 0.148. The number of rotatable bonds is 5. The van der Waals surface area contributed by atoms with E-state index in [0.29, 0.717) is 40.0 Å². The van der Waals surface area contributed by atoms with Gasteiger partial charge in [0.15, 0.2) is 11.4 Å². The Balaban J connectivity index is 1.55. The van der Waals surface area contributed by atoms with Crippen molar-refractivity contribution < 1.29 is 4.74 Å². The highest BCUT2D eigenvalue weighted by molar-refractivity contribution is 6.30. The molecule has 0 aliphatic rings. The van der Waals surface area contributed by atoms with Crippen molar-refractivity contribution >= 4 is 17.2 Å². The molecule has 6 nitrogen and oxygen atoms in total. The van der Waals surface area contributed by atoms with Crippen molar-refractivity contribution in [1.82, 2.24) is 19.2 Å². The van der Waals surface area contributed by atoms with Crippen molar-refractivity contribution in [3.63, 3.8) is 0 Å². The molecule has 0 aliphatic carbocycles. The first-order valence-corrected chi connectivity index (χ1v) is 11.3. The summed E-state index contributed by atoms with van der Waals surface area (Å²) in [7, 11) is 0. The van der Waals surface area contributed by atoms with E-state index in [1.165, 1.54) is 9.96 Å². The maximum atomic E-state index is 13.5. The molecule has 7 heteroatoms. The Bertz CT molecular complexity index is 1570. The highest BCUT2D eigenvalue weighted by Crippen LogP contribution is 2.25. The summed E-state index contributed by atoms with van der Waals surface area (Å²) in [5.41, 5.74) is 5.84. The molecule has 0 bridgehead atoms. The van der Waals surface area contributed by atoms with Gasteiger partial charge in [0.05, 0.1) is 16.9 Å². The number of nitrogens with zero attached hydrogens (tertiary/aromatic N) is 4. The lowest BCUT2D eigenvalue weighted by atomic mass is 10.1. The maximum absolute atomic E-state index is 13.5. The second kappa shape index (κ2) is 8.80. The Morgan fingerprint density at radius 2 is 1.76 bits per heavy atom. The molecule has 0 unspecified atom stereocenters. The zero-order valence-electron chi connectivity index (χ0n) is 19.1. The minimum Gasteiger partial charge on any atom is -0.485 e. The molecule has 0 atom stereocenters. The summed E-state index contributed by atoms with van der Waals surface area (Å²) in [5.74, 6) is 0.551. The molecule has 0 aliphatic heterocycles. The highest BCUT2D eigenvalue weighted by atomic mass is 35.5. The van der Waals surface area contributed by atoms with E-state index in [4.69, 9.17) is 26.4 Å². The molecule has 0 saturated heterocycles. The predicted molar refractivity (Wildman–Crippen MR) is 134 cm³/mol. The smallest absolute Gasteiger partial charge is 0.267 e. The van der Waals surface area contributed by atoms with E-state index in [1.807, 2.05) is 81.4 Å². The van der Waals surface area contributed by atoms with Gasteiger partial charge < -0.3 is 4.74 Å². The number of fused-ring (bicyclic) bond motifs is 1. The Morgan fingerprint density at radius 1 is 0.971 bits per heavy atom. The molecule has 0 amide bonds. The van der Waals surface area contributed by atoms with Crippen molar-refractivity contribution in [3.05, 3.63) is 111 Å². The molecular weight excluding hydrogens is 448 g/mol. The van der Waals surface area contributed by atoms with Gasteiger partial charge in [-0.2, -0.15) is 5.10 Å². The molecule has 5 rings (SSSR count). The van der Waals surface area contributed by atoms with Crippen LogP contribution in [-0.4, -0.2) is 19.2 Å². The standard InChI is InChI=1S/C27H23ClN4O2/c1-17-9-11-20(12-10-17)16-34-24-8-5-13-31-26(24)29-19(3)25(27(31)33)23-14-18(2)32(30-23)22-7-4-6-21(28)15-22/h4-15H,16H2,1-3H3. The van der Waals surface area contributed by atoms with Crippen LogP contribution in [0.2, 0.25) is 5.02 Å². The van der Waals surface area contributed by atoms with E-state index in [1.54, 1.807) is 16.9 Å². The van der Waals surface area contributed by atoms with Crippen LogP contribution in [0.3, 0.4) is 0 Å². The van der Waals surface area contributed by atoms with Crippen LogP contribution in [0.1, 0.15) is 22.5 Å². The third kappa shape index (κ3) is 4.08. The molecule has 3 heterocycles. The van der Waals surface area contributed by atoms with Crippen LogP contribution in [0.4, 0.5) is 0 Å². The van der Waals surface area contributed by atoms with Crippen LogP contribution in [0.15, 0.2) is 77.7 Å². The molecule has 0 fully saturated rings. The number of hydrogen-bond donors (Lipinski definition) is 0. The number of hydrogen-bond acceptors (Lipinski definition) is 4. The summed E-state index contributed by atoms with van der Waals surface area (Å²) < 4.78 is 9.33. The van der Waals surface area contributed by atoms with E-state index < -0.39 is 0 Å². The van der Waals surface area contributed by atoms with Gasteiger partial charge in [0.25, 0.3) is 5.56 Å². The number of benzene rings is 2. The zero-order chi connectivity index (χ0) is 23.8. The van der Waals surface area contributed by atoms with Gasteiger partial charge in [-0.15, -0.1) is 0 Å². The van der Waals surface area contributed by atoms with Crippen LogP contribution in [0.25, 0.3) is 22.6 Å². The second-order valence-corrected chi connectivity index (χ2v) is 8.72. The third-order valence-corrected chi connectivity index (χ3v) is 5.95. The summed E-state index contributed by atoms with van der Waals surface area (Å²) in [6, 6.07) is 21.1. The molecule has 0 spiro atoms. The number of aromatic nitrogens is 4. The third-order valence-electron chi connectivity index (χ3n) is 5.71. The quantitative estimate of drug-likeness (QED) is 0.330. The van der Waals surface area contributed by atoms with Crippen LogP contribution < -0.4 is 10.3 Å². The normalized spacial score (nSPS) is 11.2. The summed E-state index contributed by atoms with van der Waals surface area (Å²) >= 11 is 6.16. The fourth-order valence-electron chi connectivity index (χ4n) is 3.96. The van der Waals surface area contributed by atoms with E-state index in [9.17, 15) is 4.79 Å². The van der Waals surface area contributed by atoms with E-state index in [0.717, 1.165) is 16.9 Å². The second-order valence-electron chi connectivity index (χ2n) is 8.28. The van der Waals surface area contributed by atoms with Crippen LogP contribution in [-0.2, 0) is 6.61 Å². The highest BCUT2D eigenvalue weighted by Gasteiger charge is 2.18. The van der Waals surface area contributed by atoms with Gasteiger partial charge in [-0.3, -0.25) is 9.20 Å². The average molecular weight is 471 g/mol. The monoisotopic (exact) mass is 470 g/mol. The molecule has 0 N–H and O–H groups in total. The molecule has 34 heavy (non-hydrogen) atoms. The minimum absolute atomic E-state index is 0.195. The Labute approximate surface area is 202 Å². The number of ether oxygens (including phenoxy) is 1. The van der Waals surface area contributed by atoms with Gasteiger partial charge in [-0.05, 0) is 62.7 Å². The molecule has 5 aromatic rings. The minimum atomic E-state index is -0.195. The average Bonchev–Trinajstić information content (AvgIpc) is 3.20. The van der Waals surface area contributed by atoms with Gasteiger partial charge in [0.2, 0.25) is 0 Å². The lowest BCUT2D eigenvalue weighted by Crippen LogP contribution is -2.19. The molecular formula is C27H23ClN4O2. The molecule has 0 radical (unpaired) electrons.